The lowest BCUT2D eigenvalue weighted by atomic mass is 10.2. The third kappa shape index (κ3) is 2.94. The van der Waals surface area contributed by atoms with Crippen molar-refractivity contribution in [2.75, 3.05) is 5.73 Å². The fourth-order valence-electron chi connectivity index (χ4n) is 1.57. The van der Waals surface area contributed by atoms with Crippen LogP contribution in [-0.2, 0) is 0 Å². The van der Waals surface area contributed by atoms with Gasteiger partial charge in [-0.15, -0.1) is 0 Å². The van der Waals surface area contributed by atoms with Crippen molar-refractivity contribution >= 4 is 28.2 Å². The summed E-state index contributed by atoms with van der Waals surface area (Å²) in [6.07, 6.45) is 1.55. The number of aryl methyl sites for hydroxylation is 1. The molecule has 19 heavy (non-hydrogen) atoms. The number of hydrazone groups is 1. The van der Waals surface area contributed by atoms with Crippen molar-refractivity contribution < 1.29 is 4.79 Å². The molecule has 2 aromatic heterocycles. The van der Waals surface area contributed by atoms with Crippen LogP contribution in [0.5, 0.6) is 0 Å². The highest BCUT2D eigenvalue weighted by molar-refractivity contribution is 7.10. The normalized spacial score (nSPS) is 11.4. The van der Waals surface area contributed by atoms with Crippen LogP contribution < -0.4 is 11.2 Å². The van der Waals surface area contributed by atoms with Crippen LogP contribution in [0.1, 0.15) is 28.7 Å². The predicted molar refractivity (Wildman–Crippen MR) is 75.2 cm³/mol. The lowest BCUT2D eigenvalue weighted by Gasteiger charge is -2.02. The standard InChI is InChI=1S/C12H13N5OS/c1-7(10-8(2)17-19-11(10)13)15-16-12(18)9-5-3-4-6-14-9/h3-6H,13H2,1-2H3,(H,16,18)/b15-7-. The number of nitrogens with two attached hydrogens (primary N) is 1. The molecule has 3 N–H and O–H groups in total. The summed E-state index contributed by atoms with van der Waals surface area (Å²) >= 11 is 1.21. The van der Waals surface area contributed by atoms with Crippen LogP contribution in [0.15, 0.2) is 29.5 Å². The van der Waals surface area contributed by atoms with Gasteiger partial charge in [0.05, 0.1) is 17.0 Å². The highest BCUT2D eigenvalue weighted by atomic mass is 32.1. The molecule has 1 amide bonds. The van der Waals surface area contributed by atoms with Gasteiger partial charge >= 0.3 is 0 Å². The molecular weight excluding hydrogens is 262 g/mol. The Kier molecular flexibility index (Phi) is 3.86. The van der Waals surface area contributed by atoms with Crippen LogP contribution in [0.3, 0.4) is 0 Å². The Labute approximate surface area is 114 Å². The minimum absolute atomic E-state index is 0.312. The summed E-state index contributed by atoms with van der Waals surface area (Å²) in [5.41, 5.74) is 10.8. The number of nitrogens with one attached hydrogen (secondary N) is 1. The van der Waals surface area contributed by atoms with E-state index in [4.69, 9.17) is 5.73 Å². The van der Waals surface area contributed by atoms with Gasteiger partial charge in [0.2, 0.25) is 0 Å². The average molecular weight is 275 g/mol. The molecule has 0 atom stereocenters. The molecule has 2 heterocycles. The van der Waals surface area contributed by atoms with Gasteiger partial charge in [0.1, 0.15) is 10.7 Å². The fraction of sp³-hybridized carbons (Fsp3) is 0.167. The Hall–Kier alpha value is -2.28. The Bertz CT molecular complexity index is 601. The van der Waals surface area contributed by atoms with E-state index in [0.29, 0.717) is 16.4 Å². The number of amides is 1. The summed E-state index contributed by atoms with van der Waals surface area (Å²) in [6, 6.07) is 5.10. The molecule has 0 aliphatic rings. The van der Waals surface area contributed by atoms with Gasteiger partial charge in [0, 0.05) is 6.20 Å². The minimum atomic E-state index is -0.362. The van der Waals surface area contributed by atoms with Crippen LogP contribution in [-0.4, -0.2) is 21.0 Å². The van der Waals surface area contributed by atoms with Crippen LogP contribution >= 0.6 is 11.5 Å². The molecule has 2 aromatic rings. The summed E-state index contributed by atoms with van der Waals surface area (Å²) in [5, 5.41) is 4.62. The maximum atomic E-state index is 11.8. The zero-order valence-corrected chi connectivity index (χ0v) is 11.4. The number of carbonyl (C=O) groups is 1. The fourth-order valence-corrected chi connectivity index (χ4v) is 2.29. The van der Waals surface area contributed by atoms with Crippen LogP contribution in [0.2, 0.25) is 0 Å². The number of nitrogen functional groups attached to an aromatic ring is 1. The van der Waals surface area contributed by atoms with Crippen molar-refractivity contribution in [2.45, 2.75) is 13.8 Å². The van der Waals surface area contributed by atoms with Crippen molar-refractivity contribution in [3.63, 3.8) is 0 Å². The van der Waals surface area contributed by atoms with Crippen molar-refractivity contribution in [2.24, 2.45) is 5.10 Å². The summed E-state index contributed by atoms with van der Waals surface area (Å²) in [4.78, 5) is 15.7. The van der Waals surface area contributed by atoms with Gasteiger partial charge in [-0.2, -0.15) is 9.47 Å². The molecule has 0 saturated carbocycles. The first-order valence-corrected chi connectivity index (χ1v) is 6.34. The Balaban J connectivity index is 2.13. The SMILES string of the molecule is C/C(=N/NC(=O)c1ccccn1)c1c(C)nsc1N. The molecule has 0 aliphatic heterocycles. The molecule has 0 radical (unpaired) electrons. The van der Waals surface area contributed by atoms with E-state index >= 15 is 0 Å². The summed E-state index contributed by atoms with van der Waals surface area (Å²) in [5.74, 6) is -0.362. The molecule has 0 fully saturated rings. The molecule has 6 nitrogen and oxygen atoms in total. The Morgan fingerprint density at radius 2 is 2.26 bits per heavy atom. The molecule has 0 spiro atoms. The number of hydrogen-bond acceptors (Lipinski definition) is 6. The van der Waals surface area contributed by atoms with Gasteiger partial charge < -0.3 is 5.73 Å². The predicted octanol–water partition coefficient (Wildman–Crippen LogP) is 1.58. The summed E-state index contributed by atoms with van der Waals surface area (Å²) in [7, 11) is 0. The molecule has 0 unspecified atom stereocenters. The van der Waals surface area contributed by atoms with E-state index in [1.807, 2.05) is 6.92 Å². The molecule has 2 rings (SSSR count). The van der Waals surface area contributed by atoms with Gasteiger partial charge in [-0.1, -0.05) is 6.07 Å². The highest BCUT2D eigenvalue weighted by Crippen LogP contribution is 2.21. The smallest absolute Gasteiger partial charge is 0.289 e. The number of rotatable bonds is 3. The highest BCUT2D eigenvalue weighted by Gasteiger charge is 2.11. The van der Waals surface area contributed by atoms with E-state index in [1.54, 1.807) is 31.3 Å². The zero-order valence-electron chi connectivity index (χ0n) is 10.5. The lowest BCUT2D eigenvalue weighted by molar-refractivity contribution is 0.0950. The number of hydrogen-bond donors (Lipinski definition) is 2. The zero-order chi connectivity index (χ0) is 13.8. The third-order valence-corrected chi connectivity index (χ3v) is 3.24. The number of anilines is 1. The van der Waals surface area contributed by atoms with Crippen molar-refractivity contribution in [3.8, 4) is 0 Å². The minimum Gasteiger partial charge on any atom is -0.389 e. The monoisotopic (exact) mass is 275 g/mol. The maximum Gasteiger partial charge on any atom is 0.289 e. The lowest BCUT2D eigenvalue weighted by Crippen LogP contribution is -2.20. The van der Waals surface area contributed by atoms with Crippen LogP contribution in [0, 0.1) is 6.92 Å². The van der Waals surface area contributed by atoms with Crippen LogP contribution in [0.25, 0.3) is 0 Å². The second-order valence-electron chi connectivity index (χ2n) is 3.86. The largest absolute Gasteiger partial charge is 0.389 e. The van der Waals surface area contributed by atoms with E-state index in [1.165, 1.54) is 11.5 Å². The molecule has 0 bridgehead atoms. The second-order valence-corrected chi connectivity index (χ2v) is 4.67. The van der Waals surface area contributed by atoms with Crippen molar-refractivity contribution in [1.82, 2.24) is 14.8 Å². The first-order chi connectivity index (χ1) is 9.09. The molecule has 0 aliphatic carbocycles. The Morgan fingerprint density at radius 3 is 2.84 bits per heavy atom. The quantitative estimate of drug-likeness (QED) is 0.657. The molecule has 0 aromatic carbocycles. The second kappa shape index (κ2) is 5.57. The molecule has 0 saturated heterocycles. The first-order valence-electron chi connectivity index (χ1n) is 5.57. The molecule has 7 heteroatoms. The number of pyridine rings is 1. The van der Waals surface area contributed by atoms with E-state index in [2.05, 4.69) is 19.9 Å². The maximum absolute atomic E-state index is 11.8. The molecule has 98 valence electrons. The number of carbonyl (C=O) groups excluding carboxylic acids is 1. The topological polar surface area (TPSA) is 93.3 Å². The number of nitrogens with zero attached hydrogens (tertiary/aromatic N) is 3. The number of aromatic nitrogens is 2. The van der Waals surface area contributed by atoms with Crippen molar-refractivity contribution in [1.29, 1.82) is 0 Å². The Morgan fingerprint density at radius 1 is 1.47 bits per heavy atom. The summed E-state index contributed by atoms with van der Waals surface area (Å²) < 4.78 is 4.13. The van der Waals surface area contributed by atoms with E-state index in [9.17, 15) is 4.79 Å². The van der Waals surface area contributed by atoms with Gasteiger partial charge in [-0.3, -0.25) is 9.78 Å². The van der Waals surface area contributed by atoms with Gasteiger partial charge in [-0.05, 0) is 37.5 Å². The van der Waals surface area contributed by atoms with Gasteiger partial charge in [-0.25, -0.2) is 5.43 Å². The van der Waals surface area contributed by atoms with E-state index < -0.39 is 0 Å². The summed E-state index contributed by atoms with van der Waals surface area (Å²) in [6.45, 7) is 3.62. The van der Waals surface area contributed by atoms with E-state index in [0.717, 1.165) is 11.3 Å². The first kappa shape index (κ1) is 13.2. The van der Waals surface area contributed by atoms with Crippen LogP contribution in [0.4, 0.5) is 5.00 Å². The third-order valence-electron chi connectivity index (χ3n) is 2.47. The average Bonchev–Trinajstić information content (AvgIpc) is 2.76. The van der Waals surface area contributed by atoms with E-state index in [-0.39, 0.29) is 5.91 Å². The van der Waals surface area contributed by atoms with Gasteiger partial charge in [0.25, 0.3) is 5.91 Å². The molecular formula is C12H13N5OS. The van der Waals surface area contributed by atoms with Crippen molar-refractivity contribution in [3.05, 3.63) is 41.3 Å². The van der Waals surface area contributed by atoms with Gasteiger partial charge in [0.15, 0.2) is 0 Å².